The molecule has 0 atom stereocenters. The number of likely N-dealkylation sites (tertiary alicyclic amines) is 1. The van der Waals surface area contributed by atoms with Gasteiger partial charge in [-0.3, -0.25) is 0 Å². The van der Waals surface area contributed by atoms with Crippen LogP contribution < -0.4 is 0 Å². The molecule has 5 heteroatoms. The van der Waals surface area contributed by atoms with Crippen LogP contribution in [0, 0.1) is 5.92 Å². The van der Waals surface area contributed by atoms with Crippen LogP contribution in [0.4, 0.5) is 4.79 Å². The third-order valence-corrected chi connectivity index (χ3v) is 5.37. The number of hydrogen-bond donors (Lipinski definition) is 0. The Labute approximate surface area is 144 Å². The molecule has 0 aromatic rings. The lowest BCUT2D eigenvalue weighted by atomic mass is 9.93. The van der Waals surface area contributed by atoms with Gasteiger partial charge in [0.05, 0.1) is 12.2 Å². The van der Waals surface area contributed by atoms with Gasteiger partial charge in [-0.25, -0.2) is 4.79 Å². The van der Waals surface area contributed by atoms with Gasteiger partial charge < -0.3 is 14.4 Å². The monoisotopic (exact) mass is 377 g/mol. The maximum atomic E-state index is 12.1. The molecule has 1 heterocycles. The van der Waals surface area contributed by atoms with Crippen molar-refractivity contribution in [2.75, 3.05) is 25.0 Å². The highest BCUT2D eigenvalue weighted by Crippen LogP contribution is 2.30. The second kappa shape index (κ2) is 8.53. The molecule has 0 unspecified atom stereocenters. The van der Waals surface area contributed by atoms with E-state index >= 15 is 0 Å². The average Bonchev–Trinajstić information content (AvgIpc) is 2.47. The summed E-state index contributed by atoms with van der Waals surface area (Å²) in [6, 6.07) is 0. The van der Waals surface area contributed by atoms with Gasteiger partial charge in [0.1, 0.15) is 5.60 Å². The molecule has 1 aliphatic heterocycles. The molecule has 1 saturated heterocycles. The quantitative estimate of drug-likeness (QED) is 0.634. The van der Waals surface area contributed by atoms with Crippen molar-refractivity contribution in [3.8, 4) is 0 Å². The summed E-state index contributed by atoms with van der Waals surface area (Å²) in [7, 11) is 0. The Morgan fingerprint density at radius 3 is 2.18 bits per heavy atom. The molecular formula is C17H32BrNO3. The van der Waals surface area contributed by atoms with Gasteiger partial charge in [-0.1, -0.05) is 42.6 Å². The number of rotatable bonds is 6. The van der Waals surface area contributed by atoms with Gasteiger partial charge in [0, 0.05) is 18.4 Å². The molecule has 1 amide bonds. The van der Waals surface area contributed by atoms with Gasteiger partial charge in [0.25, 0.3) is 0 Å². The number of alkyl halides is 1. The Hall–Kier alpha value is -0.290. The zero-order valence-corrected chi connectivity index (χ0v) is 16.4. The molecule has 1 fully saturated rings. The molecule has 0 aromatic carbocycles. The van der Waals surface area contributed by atoms with Crippen LogP contribution in [-0.4, -0.2) is 47.2 Å². The van der Waals surface area contributed by atoms with Crippen LogP contribution in [0.5, 0.6) is 0 Å². The van der Waals surface area contributed by atoms with Crippen molar-refractivity contribution in [3.63, 3.8) is 0 Å². The molecule has 1 aliphatic rings. The normalized spacial score (nSPS) is 18.6. The van der Waals surface area contributed by atoms with E-state index in [2.05, 4.69) is 29.8 Å². The van der Waals surface area contributed by atoms with Crippen LogP contribution in [0.15, 0.2) is 0 Å². The van der Waals surface area contributed by atoms with E-state index in [-0.39, 0.29) is 11.7 Å². The lowest BCUT2D eigenvalue weighted by Gasteiger charge is -2.41. The molecular weight excluding hydrogens is 346 g/mol. The minimum absolute atomic E-state index is 0.138. The van der Waals surface area contributed by atoms with E-state index in [1.54, 1.807) is 4.90 Å². The maximum absolute atomic E-state index is 12.1. The number of nitrogens with zero attached hydrogens (tertiary/aromatic N) is 1. The SMILES string of the molecule is CCC(CC)COC1(CBr)CCN(C(=O)OC(C)(C)C)CC1. The zero-order valence-electron chi connectivity index (χ0n) is 14.8. The van der Waals surface area contributed by atoms with Crippen molar-refractivity contribution < 1.29 is 14.3 Å². The summed E-state index contributed by atoms with van der Waals surface area (Å²) in [5, 5.41) is 0.822. The Morgan fingerprint density at radius 1 is 1.23 bits per heavy atom. The van der Waals surface area contributed by atoms with Crippen molar-refractivity contribution in [3.05, 3.63) is 0 Å². The molecule has 0 saturated carbocycles. The van der Waals surface area contributed by atoms with E-state index in [9.17, 15) is 4.79 Å². The van der Waals surface area contributed by atoms with E-state index in [0.717, 1.165) is 37.6 Å². The Bertz CT molecular complexity index is 342. The number of hydrogen-bond acceptors (Lipinski definition) is 3. The van der Waals surface area contributed by atoms with Gasteiger partial charge in [-0.2, -0.15) is 0 Å². The molecule has 0 N–H and O–H groups in total. The maximum Gasteiger partial charge on any atom is 0.410 e. The summed E-state index contributed by atoms with van der Waals surface area (Å²) in [5.41, 5.74) is -0.575. The van der Waals surface area contributed by atoms with Gasteiger partial charge in [-0.05, 0) is 39.5 Å². The highest BCUT2D eigenvalue weighted by Gasteiger charge is 2.37. The van der Waals surface area contributed by atoms with Crippen LogP contribution in [0.1, 0.15) is 60.3 Å². The Morgan fingerprint density at radius 2 is 1.77 bits per heavy atom. The van der Waals surface area contributed by atoms with Crippen molar-refractivity contribution in [2.24, 2.45) is 5.92 Å². The summed E-state index contributed by atoms with van der Waals surface area (Å²) >= 11 is 3.61. The number of carbonyl (C=O) groups is 1. The topological polar surface area (TPSA) is 38.8 Å². The Kier molecular flexibility index (Phi) is 7.66. The highest BCUT2D eigenvalue weighted by atomic mass is 79.9. The van der Waals surface area contributed by atoms with Gasteiger partial charge in [-0.15, -0.1) is 0 Å². The van der Waals surface area contributed by atoms with E-state index in [1.165, 1.54) is 0 Å². The van der Waals surface area contributed by atoms with E-state index in [0.29, 0.717) is 19.0 Å². The molecule has 0 spiro atoms. The number of carbonyl (C=O) groups excluding carboxylic acids is 1. The minimum Gasteiger partial charge on any atom is -0.444 e. The summed E-state index contributed by atoms with van der Waals surface area (Å²) in [4.78, 5) is 13.9. The third-order valence-electron chi connectivity index (χ3n) is 4.35. The van der Waals surface area contributed by atoms with E-state index in [4.69, 9.17) is 9.47 Å². The second-order valence-electron chi connectivity index (χ2n) is 7.28. The molecule has 4 nitrogen and oxygen atoms in total. The summed E-state index contributed by atoms with van der Waals surface area (Å²) in [6.07, 6.45) is 3.81. The molecule has 22 heavy (non-hydrogen) atoms. The molecule has 0 aliphatic carbocycles. The lowest BCUT2D eigenvalue weighted by Crippen LogP contribution is -2.50. The first-order valence-electron chi connectivity index (χ1n) is 8.43. The predicted molar refractivity (Wildman–Crippen MR) is 93.6 cm³/mol. The number of amides is 1. The van der Waals surface area contributed by atoms with Crippen LogP contribution in [0.3, 0.4) is 0 Å². The molecule has 1 rings (SSSR count). The third kappa shape index (κ3) is 6.07. The fourth-order valence-corrected chi connectivity index (χ4v) is 3.28. The van der Waals surface area contributed by atoms with Crippen LogP contribution in [0.25, 0.3) is 0 Å². The first-order valence-corrected chi connectivity index (χ1v) is 9.55. The molecule has 130 valence electrons. The largest absolute Gasteiger partial charge is 0.444 e. The fraction of sp³-hybridized carbons (Fsp3) is 0.941. The van der Waals surface area contributed by atoms with Crippen molar-refractivity contribution >= 4 is 22.0 Å². The number of halogens is 1. The van der Waals surface area contributed by atoms with E-state index < -0.39 is 5.60 Å². The first-order chi connectivity index (χ1) is 10.2. The van der Waals surface area contributed by atoms with Gasteiger partial charge in [0.15, 0.2) is 0 Å². The number of piperidine rings is 1. The molecule has 0 radical (unpaired) electrons. The smallest absolute Gasteiger partial charge is 0.410 e. The summed E-state index contributed by atoms with van der Waals surface area (Å²) in [5.74, 6) is 0.625. The van der Waals surface area contributed by atoms with Crippen LogP contribution in [-0.2, 0) is 9.47 Å². The van der Waals surface area contributed by atoms with Crippen LogP contribution >= 0.6 is 15.9 Å². The minimum atomic E-state index is -0.437. The second-order valence-corrected chi connectivity index (χ2v) is 7.84. The zero-order chi connectivity index (χ0) is 16.8. The average molecular weight is 378 g/mol. The molecule has 0 bridgehead atoms. The van der Waals surface area contributed by atoms with Gasteiger partial charge >= 0.3 is 6.09 Å². The Balaban J connectivity index is 2.51. The first kappa shape index (κ1) is 19.8. The van der Waals surface area contributed by atoms with Gasteiger partial charge in [0.2, 0.25) is 0 Å². The predicted octanol–water partition coefficient (Wildman–Crippen LogP) is 4.60. The summed E-state index contributed by atoms with van der Waals surface area (Å²) < 4.78 is 11.7. The molecule has 0 aromatic heterocycles. The van der Waals surface area contributed by atoms with Crippen molar-refractivity contribution in [2.45, 2.75) is 71.5 Å². The summed E-state index contributed by atoms with van der Waals surface area (Å²) in [6.45, 7) is 12.3. The lowest BCUT2D eigenvalue weighted by molar-refractivity contribution is -0.0805. The highest BCUT2D eigenvalue weighted by molar-refractivity contribution is 9.09. The van der Waals surface area contributed by atoms with Crippen molar-refractivity contribution in [1.29, 1.82) is 0 Å². The standard InChI is InChI=1S/C17H32BrNO3/c1-6-14(7-2)12-21-17(13-18)8-10-19(11-9-17)15(20)22-16(3,4)5/h14H,6-13H2,1-5H3. The van der Waals surface area contributed by atoms with Crippen LogP contribution in [0.2, 0.25) is 0 Å². The fourth-order valence-electron chi connectivity index (χ4n) is 2.56. The van der Waals surface area contributed by atoms with E-state index in [1.807, 2.05) is 20.8 Å². The van der Waals surface area contributed by atoms with Crippen molar-refractivity contribution in [1.82, 2.24) is 4.90 Å². The number of ether oxygens (including phenoxy) is 2.